The summed E-state index contributed by atoms with van der Waals surface area (Å²) in [6, 6.07) is 9.79. The van der Waals surface area contributed by atoms with Crippen LogP contribution in [0.25, 0.3) is 11.3 Å². The molecule has 3 saturated heterocycles. The number of aromatic nitrogens is 2. The van der Waals surface area contributed by atoms with Crippen LogP contribution in [0.1, 0.15) is 36.2 Å². The first kappa shape index (κ1) is 18.2. The number of aromatic amines is 1. The van der Waals surface area contributed by atoms with Crippen molar-refractivity contribution < 1.29 is 9.53 Å². The minimum Gasteiger partial charge on any atom is -0.370 e. The number of benzene rings is 1. The van der Waals surface area contributed by atoms with E-state index in [1.54, 1.807) is 6.07 Å². The van der Waals surface area contributed by atoms with Gasteiger partial charge in [-0.3, -0.25) is 14.8 Å². The van der Waals surface area contributed by atoms with Crippen molar-refractivity contribution in [1.29, 1.82) is 0 Å². The van der Waals surface area contributed by atoms with Crippen LogP contribution >= 0.6 is 11.6 Å². The summed E-state index contributed by atoms with van der Waals surface area (Å²) in [5.74, 6) is -0.0172. The predicted octanol–water partition coefficient (Wildman–Crippen LogP) is 3.20. The van der Waals surface area contributed by atoms with Gasteiger partial charge in [0.25, 0.3) is 5.91 Å². The van der Waals surface area contributed by atoms with Crippen molar-refractivity contribution in [1.82, 2.24) is 20.0 Å². The Morgan fingerprint density at radius 1 is 1.21 bits per heavy atom. The molecule has 5 rings (SSSR count). The molecule has 1 atom stereocenters. The largest absolute Gasteiger partial charge is 0.370 e. The number of nitrogens with zero attached hydrogens (tertiary/aromatic N) is 3. The van der Waals surface area contributed by atoms with Crippen LogP contribution in [-0.4, -0.2) is 70.3 Å². The van der Waals surface area contributed by atoms with E-state index in [0.29, 0.717) is 29.8 Å². The summed E-state index contributed by atoms with van der Waals surface area (Å²) < 4.78 is 6.17. The molecule has 6 nitrogen and oxygen atoms in total. The lowest BCUT2D eigenvalue weighted by Gasteiger charge is -2.47. The standard InChI is InChI=1S/C21H25ClN4O2/c22-16-6-4-5-15(9-16)18-10-19(24-23-18)20(27)26-13-21(14-26)11-17(12-28-21)25-7-2-1-3-8-25/h4-6,9-10,17H,1-3,7-8,11-14H2,(H,23,24). The van der Waals surface area contributed by atoms with Gasteiger partial charge in [-0.2, -0.15) is 5.10 Å². The SMILES string of the molecule is O=C(c1cc(-c2cccc(Cl)c2)n[nH]1)N1CC2(CC(N3CCCCC3)CO2)C1. The topological polar surface area (TPSA) is 61.5 Å². The predicted molar refractivity (Wildman–Crippen MR) is 107 cm³/mol. The van der Waals surface area contributed by atoms with Crippen LogP contribution in [0, 0.1) is 0 Å². The van der Waals surface area contributed by atoms with Gasteiger partial charge in [0.1, 0.15) is 11.3 Å². The lowest BCUT2D eigenvalue weighted by molar-refractivity contribution is -0.0952. The van der Waals surface area contributed by atoms with Crippen molar-refractivity contribution in [2.75, 3.05) is 32.8 Å². The summed E-state index contributed by atoms with van der Waals surface area (Å²) in [7, 11) is 0. The van der Waals surface area contributed by atoms with Gasteiger partial charge in [-0.25, -0.2) is 0 Å². The Bertz CT molecular complexity index is 871. The molecule has 2 aromatic rings. The maximum absolute atomic E-state index is 12.8. The lowest BCUT2D eigenvalue weighted by atomic mass is 9.88. The Labute approximate surface area is 169 Å². The Hall–Kier alpha value is -1.89. The van der Waals surface area contributed by atoms with Crippen molar-refractivity contribution in [3.8, 4) is 11.3 Å². The van der Waals surface area contributed by atoms with Crippen LogP contribution in [0.15, 0.2) is 30.3 Å². The van der Waals surface area contributed by atoms with E-state index in [-0.39, 0.29) is 11.5 Å². The molecule has 0 radical (unpaired) electrons. The lowest BCUT2D eigenvalue weighted by Crippen LogP contribution is -2.63. The number of amides is 1. The molecule has 0 aliphatic carbocycles. The fourth-order valence-electron chi connectivity index (χ4n) is 4.75. The summed E-state index contributed by atoms with van der Waals surface area (Å²) in [4.78, 5) is 17.3. The highest BCUT2D eigenvalue weighted by molar-refractivity contribution is 6.30. The van der Waals surface area contributed by atoms with Gasteiger partial charge in [0, 0.05) is 16.6 Å². The molecule has 4 heterocycles. The maximum atomic E-state index is 12.8. The molecule has 3 fully saturated rings. The maximum Gasteiger partial charge on any atom is 0.272 e. The highest BCUT2D eigenvalue weighted by atomic mass is 35.5. The number of rotatable bonds is 3. The monoisotopic (exact) mass is 400 g/mol. The second kappa shape index (κ2) is 7.17. The van der Waals surface area contributed by atoms with Crippen molar-refractivity contribution in [2.45, 2.75) is 37.3 Å². The number of hydrogen-bond donors (Lipinski definition) is 1. The average molecular weight is 401 g/mol. The van der Waals surface area contributed by atoms with Gasteiger partial charge >= 0.3 is 0 Å². The third kappa shape index (κ3) is 3.34. The van der Waals surface area contributed by atoms with E-state index in [1.165, 1.54) is 32.4 Å². The Kier molecular flexibility index (Phi) is 4.65. The highest BCUT2D eigenvalue weighted by Crippen LogP contribution is 2.38. The third-order valence-corrected chi connectivity index (χ3v) is 6.51. The molecule has 3 aliphatic heterocycles. The van der Waals surface area contributed by atoms with E-state index in [2.05, 4.69) is 15.1 Å². The second-order valence-electron chi connectivity index (χ2n) is 8.29. The number of halogens is 1. The van der Waals surface area contributed by atoms with Crippen LogP contribution in [0.3, 0.4) is 0 Å². The molecule has 148 valence electrons. The molecule has 1 amide bonds. The van der Waals surface area contributed by atoms with Crippen molar-refractivity contribution in [3.63, 3.8) is 0 Å². The molecule has 0 saturated carbocycles. The van der Waals surface area contributed by atoms with Crippen molar-refractivity contribution in [3.05, 3.63) is 41.0 Å². The van der Waals surface area contributed by atoms with E-state index in [0.717, 1.165) is 24.3 Å². The number of hydrogen-bond acceptors (Lipinski definition) is 4. The molecule has 1 aromatic heterocycles. The molecule has 1 N–H and O–H groups in total. The first-order valence-electron chi connectivity index (χ1n) is 10.1. The van der Waals surface area contributed by atoms with E-state index >= 15 is 0 Å². The summed E-state index contributed by atoms with van der Waals surface area (Å²) in [5, 5.41) is 7.81. The summed E-state index contributed by atoms with van der Waals surface area (Å²) >= 11 is 6.05. The quantitative estimate of drug-likeness (QED) is 0.859. The molecular weight excluding hydrogens is 376 g/mol. The summed E-state index contributed by atoms with van der Waals surface area (Å²) in [5.41, 5.74) is 1.98. The summed E-state index contributed by atoms with van der Waals surface area (Å²) in [6.45, 7) is 4.51. The van der Waals surface area contributed by atoms with Gasteiger partial charge in [0.05, 0.1) is 25.4 Å². The van der Waals surface area contributed by atoms with Crippen LogP contribution in [0.5, 0.6) is 0 Å². The molecule has 1 spiro atoms. The van der Waals surface area contributed by atoms with Gasteiger partial charge in [-0.05, 0) is 50.6 Å². The van der Waals surface area contributed by atoms with Gasteiger partial charge in [0.15, 0.2) is 0 Å². The van der Waals surface area contributed by atoms with E-state index < -0.39 is 0 Å². The average Bonchev–Trinajstić information content (AvgIpc) is 3.35. The third-order valence-electron chi connectivity index (χ3n) is 6.27. The zero-order valence-electron chi connectivity index (χ0n) is 15.9. The fraction of sp³-hybridized carbons (Fsp3) is 0.524. The van der Waals surface area contributed by atoms with Crippen LogP contribution in [0.2, 0.25) is 5.02 Å². The first-order chi connectivity index (χ1) is 13.6. The van der Waals surface area contributed by atoms with E-state index in [1.807, 2.05) is 29.2 Å². The van der Waals surface area contributed by atoms with Gasteiger partial charge in [0.2, 0.25) is 0 Å². The summed E-state index contributed by atoms with van der Waals surface area (Å²) in [6.07, 6.45) is 4.97. The van der Waals surface area contributed by atoms with Gasteiger partial charge in [-0.1, -0.05) is 30.2 Å². The molecule has 3 aliphatic rings. The van der Waals surface area contributed by atoms with Gasteiger partial charge < -0.3 is 9.64 Å². The van der Waals surface area contributed by atoms with Crippen molar-refractivity contribution >= 4 is 17.5 Å². The minimum absolute atomic E-state index is 0.0172. The van der Waals surface area contributed by atoms with E-state index in [9.17, 15) is 4.79 Å². The number of carbonyl (C=O) groups is 1. The van der Waals surface area contributed by atoms with Crippen LogP contribution < -0.4 is 0 Å². The van der Waals surface area contributed by atoms with Crippen LogP contribution in [-0.2, 0) is 4.74 Å². The normalized spacial score (nSPS) is 24.5. The van der Waals surface area contributed by atoms with Crippen molar-refractivity contribution in [2.24, 2.45) is 0 Å². The Morgan fingerprint density at radius 2 is 2.04 bits per heavy atom. The number of H-pyrrole nitrogens is 1. The number of ether oxygens (including phenoxy) is 1. The number of carbonyl (C=O) groups excluding carboxylic acids is 1. The smallest absolute Gasteiger partial charge is 0.272 e. The Morgan fingerprint density at radius 3 is 2.82 bits per heavy atom. The zero-order valence-corrected chi connectivity index (χ0v) is 16.6. The highest BCUT2D eigenvalue weighted by Gasteiger charge is 2.52. The Balaban J connectivity index is 1.20. The zero-order chi connectivity index (χ0) is 19.1. The second-order valence-corrected chi connectivity index (χ2v) is 8.72. The first-order valence-corrected chi connectivity index (χ1v) is 10.5. The molecule has 1 unspecified atom stereocenters. The molecule has 28 heavy (non-hydrogen) atoms. The fourth-order valence-corrected chi connectivity index (χ4v) is 4.94. The van der Waals surface area contributed by atoms with Crippen LogP contribution in [0.4, 0.5) is 0 Å². The number of likely N-dealkylation sites (tertiary alicyclic amines) is 2. The van der Waals surface area contributed by atoms with Gasteiger partial charge in [-0.15, -0.1) is 0 Å². The number of nitrogens with one attached hydrogen (secondary N) is 1. The minimum atomic E-state index is -0.145. The molecule has 7 heteroatoms. The molecular formula is C21H25ClN4O2. The molecule has 1 aromatic carbocycles. The van der Waals surface area contributed by atoms with E-state index in [4.69, 9.17) is 16.3 Å². The molecule has 0 bridgehead atoms. The number of piperidine rings is 1.